The Kier molecular flexibility index (Phi) is 8.97. The lowest BCUT2D eigenvalue weighted by atomic mass is 10.4. The van der Waals surface area contributed by atoms with Gasteiger partial charge in [-0.1, -0.05) is 0 Å². The molecule has 0 atom stereocenters. The van der Waals surface area contributed by atoms with E-state index in [9.17, 15) is 0 Å². The second-order valence-corrected chi connectivity index (χ2v) is 2.41. The van der Waals surface area contributed by atoms with Crippen molar-refractivity contribution in [2.24, 2.45) is 10.8 Å². The Morgan fingerprint density at radius 2 is 2.23 bits per heavy atom. The smallest absolute Gasteiger partial charge is 0.113 e. The molecule has 0 aliphatic rings. The third-order valence-electron chi connectivity index (χ3n) is 1.45. The van der Waals surface area contributed by atoms with Crippen molar-refractivity contribution in [3.63, 3.8) is 0 Å². The van der Waals surface area contributed by atoms with Crippen LogP contribution in [0.15, 0.2) is 4.99 Å². The number of amidine groups is 1. The Morgan fingerprint density at radius 1 is 1.46 bits per heavy atom. The molecule has 0 saturated carbocycles. The predicted molar refractivity (Wildman–Crippen MR) is 52.6 cm³/mol. The van der Waals surface area contributed by atoms with E-state index in [1.54, 1.807) is 7.11 Å². The van der Waals surface area contributed by atoms with Crippen molar-refractivity contribution in [3.8, 4) is 0 Å². The van der Waals surface area contributed by atoms with Crippen LogP contribution in [0.2, 0.25) is 0 Å². The fraction of sp³-hybridized carbons (Fsp3) is 0.875. The molecule has 3 N–H and O–H groups in total. The number of nitrogens with two attached hydrogens (primary N) is 1. The molecular weight excluding hydrogens is 170 g/mol. The van der Waals surface area contributed by atoms with Crippen LogP contribution in [0.25, 0.3) is 0 Å². The van der Waals surface area contributed by atoms with E-state index in [0.29, 0.717) is 26.2 Å². The number of hydrogen-bond donors (Lipinski definition) is 2. The molecule has 0 aromatic heterocycles. The maximum Gasteiger partial charge on any atom is 0.113 e. The van der Waals surface area contributed by atoms with E-state index < -0.39 is 0 Å². The summed E-state index contributed by atoms with van der Waals surface area (Å²) in [6.07, 6.45) is 0.716. The van der Waals surface area contributed by atoms with Gasteiger partial charge in [0.05, 0.1) is 19.8 Å². The second kappa shape index (κ2) is 9.44. The molecule has 78 valence electrons. The molecule has 0 amide bonds. The van der Waals surface area contributed by atoms with Crippen molar-refractivity contribution in [2.45, 2.75) is 13.3 Å². The second-order valence-electron chi connectivity index (χ2n) is 2.41. The van der Waals surface area contributed by atoms with Crippen LogP contribution in [-0.2, 0) is 9.47 Å². The van der Waals surface area contributed by atoms with E-state index >= 15 is 0 Å². The summed E-state index contributed by atoms with van der Waals surface area (Å²) in [4.78, 5) is 4.18. The Labute approximate surface area is 79.3 Å². The summed E-state index contributed by atoms with van der Waals surface area (Å²) in [7, 11) is 1.64. The van der Waals surface area contributed by atoms with Crippen molar-refractivity contribution in [1.82, 2.24) is 5.43 Å². The van der Waals surface area contributed by atoms with Crippen molar-refractivity contribution >= 4 is 5.84 Å². The number of ether oxygens (including phenoxy) is 2. The molecule has 13 heavy (non-hydrogen) atoms. The number of hydrogen-bond acceptors (Lipinski definition) is 4. The average Bonchev–Trinajstić information content (AvgIpc) is 2.16. The van der Waals surface area contributed by atoms with Gasteiger partial charge >= 0.3 is 0 Å². The number of nitrogens with one attached hydrogen (secondary N) is 1. The van der Waals surface area contributed by atoms with E-state index in [1.807, 2.05) is 6.92 Å². The Hall–Kier alpha value is -0.650. The van der Waals surface area contributed by atoms with Gasteiger partial charge in [0.2, 0.25) is 0 Å². The molecule has 0 heterocycles. The molecule has 0 aliphatic carbocycles. The molecule has 5 nitrogen and oxygen atoms in total. The molecule has 0 radical (unpaired) electrons. The molecule has 0 saturated heterocycles. The Morgan fingerprint density at radius 3 is 2.77 bits per heavy atom. The summed E-state index contributed by atoms with van der Waals surface area (Å²) in [6, 6.07) is 0. The SMILES string of the molecule is CCOCCC(=NCCOC)NN. The van der Waals surface area contributed by atoms with E-state index in [-0.39, 0.29) is 0 Å². The van der Waals surface area contributed by atoms with Crippen LogP contribution in [0.3, 0.4) is 0 Å². The van der Waals surface area contributed by atoms with Crippen LogP contribution in [0, 0.1) is 0 Å². The van der Waals surface area contributed by atoms with Gasteiger partial charge in [-0.15, -0.1) is 0 Å². The number of rotatable bonds is 7. The zero-order valence-electron chi connectivity index (χ0n) is 8.38. The van der Waals surface area contributed by atoms with Crippen molar-refractivity contribution < 1.29 is 9.47 Å². The van der Waals surface area contributed by atoms with Gasteiger partial charge in [0.25, 0.3) is 0 Å². The predicted octanol–water partition coefficient (Wildman–Crippen LogP) is -0.0788. The lowest BCUT2D eigenvalue weighted by Crippen LogP contribution is -2.31. The molecule has 0 aromatic carbocycles. The summed E-state index contributed by atoms with van der Waals surface area (Å²) in [5, 5.41) is 0. The fourth-order valence-electron chi connectivity index (χ4n) is 0.782. The average molecular weight is 189 g/mol. The third-order valence-corrected chi connectivity index (χ3v) is 1.45. The summed E-state index contributed by atoms with van der Waals surface area (Å²) < 4.78 is 10.0. The van der Waals surface area contributed by atoms with Crippen molar-refractivity contribution in [2.75, 3.05) is 33.5 Å². The topological polar surface area (TPSA) is 68.9 Å². The summed E-state index contributed by atoms with van der Waals surface area (Å²) in [5.41, 5.74) is 2.53. The molecule has 0 rings (SSSR count). The Bertz CT molecular complexity index is 139. The highest BCUT2D eigenvalue weighted by Crippen LogP contribution is 1.85. The van der Waals surface area contributed by atoms with E-state index in [2.05, 4.69) is 10.4 Å². The highest BCUT2D eigenvalue weighted by molar-refractivity contribution is 5.81. The summed E-state index contributed by atoms with van der Waals surface area (Å²) in [6.45, 7) is 4.56. The van der Waals surface area contributed by atoms with Crippen LogP contribution in [0.5, 0.6) is 0 Å². The molecule has 0 fully saturated rings. The molecule has 0 spiro atoms. The summed E-state index contributed by atoms with van der Waals surface area (Å²) >= 11 is 0. The van der Waals surface area contributed by atoms with Gasteiger partial charge in [-0.3, -0.25) is 4.99 Å². The lowest BCUT2D eigenvalue weighted by Gasteiger charge is -2.05. The van der Waals surface area contributed by atoms with Crippen LogP contribution in [-0.4, -0.2) is 39.3 Å². The minimum absolute atomic E-state index is 0.611. The van der Waals surface area contributed by atoms with Crippen LogP contribution >= 0.6 is 0 Å². The van der Waals surface area contributed by atoms with Crippen LogP contribution in [0.4, 0.5) is 0 Å². The normalized spacial score (nSPS) is 11.8. The number of nitrogens with zero attached hydrogens (tertiary/aromatic N) is 1. The number of methoxy groups -OCH3 is 1. The Balaban J connectivity index is 3.54. The van der Waals surface area contributed by atoms with Gasteiger partial charge in [0, 0.05) is 20.1 Å². The minimum atomic E-state index is 0.611. The van der Waals surface area contributed by atoms with Crippen LogP contribution < -0.4 is 11.3 Å². The molecular formula is C8H19N3O2. The quantitative estimate of drug-likeness (QED) is 0.193. The van der Waals surface area contributed by atoms with Gasteiger partial charge in [-0.05, 0) is 6.92 Å². The zero-order chi connectivity index (χ0) is 9.94. The number of hydrazine groups is 1. The highest BCUT2D eigenvalue weighted by atomic mass is 16.5. The summed E-state index contributed by atoms with van der Waals surface area (Å²) in [5.74, 6) is 6.02. The molecule has 0 aromatic rings. The van der Waals surface area contributed by atoms with Gasteiger partial charge in [0.15, 0.2) is 0 Å². The van der Waals surface area contributed by atoms with Gasteiger partial charge < -0.3 is 14.9 Å². The van der Waals surface area contributed by atoms with Crippen molar-refractivity contribution in [1.29, 1.82) is 0 Å². The first-order chi connectivity index (χ1) is 6.35. The first-order valence-electron chi connectivity index (χ1n) is 4.41. The van der Waals surface area contributed by atoms with Crippen molar-refractivity contribution in [3.05, 3.63) is 0 Å². The zero-order valence-corrected chi connectivity index (χ0v) is 8.38. The van der Waals surface area contributed by atoms with Gasteiger partial charge in [-0.25, -0.2) is 5.84 Å². The van der Waals surface area contributed by atoms with Gasteiger partial charge in [-0.2, -0.15) is 0 Å². The number of aliphatic imine (C=N–C) groups is 1. The van der Waals surface area contributed by atoms with E-state index in [1.165, 1.54) is 0 Å². The molecule has 5 heteroatoms. The minimum Gasteiger partial charge on any atom is -0.383 e. The van der Waals surface area contributed by atoms with Gasteiger partial charge in [0.1, 0.15) is 5.84 Å². The third kappa shape index (κ3) is 7.70. The maximum absolute atomic E-state index is 5.26. The molecule has 0 bridgehead atoms. The first kappa shape index (κ1) is 12.3. The standard InChI is InChI=1S/C8H19N3O2/c1-3-13-6-4-8(11-9)10-5-7-12-2/h3-7,9H2,1-2H3,(H,10,11). The maximum atomic E-state index is 5.26. The lowest BCUT2D eigenvalue weighted by molar-refractivity contribution is 0.154. The molecule has 0 unspecified atom stereocenters. The van der Waals surface area contributed by atoms with E-state index in [0.717, 1.165) is 12.4 Å². The monoisotopic (exact) mass is 189 g/mol. The molecule has 0 aliphatic heterocycles. The van der Waals surface area contributed by atoms with Crippen LogP contribution in [0.1, 0.15) is 13.3 Å². The van der Waals surface area contributed by atoms with E-state index in [4.69, 9.17) is 15.3 Å². The largest absolute Gasteiger partial charge is 0.383 e. The fourth-order valence-corrected chi connectivity index (χ4v) is 0.782. The highest BCUT2D eigenvalue weighted by Gasteiger charge is 1.95. The first-order valence-corrected chi connectivity index (χ1v) is 4.41.